The minimum absolute atomic E-state index is 0.193. The number of fused-ring (bicyclic) bond motifs is 1. The summed E-state index contributed by atoms with van der Waals surface area (Å²) >= 11 is 1.51. The number of rotatable bonds is 8. The third kappa shape index (κ3) is 5.11. The maximum Gasteiger partial charge on any atom is 0.416 e. The number of hydrogen-bond acceptors (Lipinski definition) is 5. The van der Waals surface area contributed by atoms with Crippen LogP contribution in [-0.2, 0) is 19.0 Å². The van der Waals surface area contributed by atoms with E-state index in [2.05, 4.69) is 25.6 Å². The van der Waals surface area contributed by atoms with Crippen molar-refractivity contribution >= 4 is 22.3 Å². The van der Waals surface area contributed by atoms with E-state index in [1.54, 1.807) is 6.08 Å². The second kappa shape index (κ2) is 9.39. The molecule has 0 saturated heterocycles. The van der Waals surface area contributed by atoms with Crippen LogP contribution in [0, 0.1) is 0 Å². The Kier molecular flexibility index (Phi) is 6.56. The average molecular weight is 473 g/mol. The molecule has 0 aliphatic rings. The number of halogens is 3. The molecule has 4 nitrogen and oxygen atoms in total. The van der Waals surface area contributed by atoms with Crippen LogP contribution in [0.15, 0.2) is 59.6 Å². The first-order valence-corrected chi connectivity index (χ1v) is 11.4. The van der Waals surface area contributed by atoms with Crippen molar-refractivity contribution in [1.82, 2.24) is 10.1 Å². The molecule has 0 fully saturated rings. The highest BCUT2D eigenvalue weighted by molar-refractivity contribution is 7.15. The van der Waals surface area contributed by atoms with Gasteiger partial charge >= 0.3 is 6.18 Å². The summed E-state index contributed by atoms with van der Waals surface area (Å²) in [5.74, 6) is 0.883. The zero-order chi connectivity index (χ0) is 23.6. The molecule has 2 heterocycles. The Balaban J connectivity index is 1.55. The van der Waals surface area contributed by atoms with Crippen molar-refractivity contribution in [1.29, 1.82) is 0 Å². The van der Waals surface area contributed by atoms with Gasteiger partial charge in [0.05, 0.1) is 17.0 Å². The fraction of sp³-hybridized carbons (Fsp3) is 0.280. The molecule has 0 radical (unpaired) electrons. The SMILES string of the molecule is C=CCOc1ccc2c(CCc3sc(-c4ccc(C(F)(F)F)cc4)nc3C(C)C)noc2c1. The molecule has 172 valence electrons. The highest BCUT2D eigenvalue weighted by atomic mass is 32.1. The van der Waals surface area contributed by atoms with Gasteiger partial charge in [0.25, 0.3) is 0 Å². The number of benzene rings is 2. The van der Waals surface area contributed by atoms with Gasteiger partial charge in [-0.1, -0.05) is 43.8 Å². The van der Waals surface area contributed by atoms with Gasteiger partial charge in [0.1, 0.15) is 17.4 Å². The molecule has 4 rings (SSSR count). The Morgan fingerprint density at radius 3 is 2.55 bits per heavy atom. The third-order valence-corrected chi connectivity index (χ3v) is 6.39. The van der Waals surface area contributed by atoms with Crippen LogP contribution in [-0.4, -0.2) is 16.7 Å². The quantitative estimate of drug-likeness (QED) is 0.250. The number of aromatic nitrogens is 2. The predicted octanol–water partition coefficient (Wildman–Crippen LogP) is 7.44. The van der Waals surface area contributed by atoms with Gasteiger partial charge in [0, 0.05) is 21.9 Å². The van der Waals surface area contributed by atoms with E-state index in [1.807, 2.05) is 18.2 Å². The number of nitrogens with zero attached hydrogens (tertiary/aromatic N) is 2. The Morgan fingerprint density at radius 2 is 1.88 bits per heavy atom. The van der Waals surface area contributed by atoms with Crippen LogP contribution in [0.3, 0.4) is 0 Å². The monoisotopic (exact) mass is 472 g/mol. The van der Waals surface area contributed by atoms with E-state index in [-0.39, 0.29) is 5.92 Å². The fourth-order valence-electron chi connectivity index (χ4n) is 3.55. The van der Waals surface area contributed by atoms with Crippen LogP contribution in [0.25, 0.3) is 21.5 Å². The van der Waals surface area contributed by atoms with Gasteiger partial charge in [-0.25, -0.2) is 4.98 Å². The van der Waals surface area contributed by atoms with E-state index >= 15 is 0 Å². The molecule has 33 heavy (non-hydrogen) atoms. The molecule has 0 saturated carbocycles. The van der Waals surface area contributed by atoms with E-state index in [4.69, 9.17) is 14.2 Å². The Hall–Kier alpha value is -3.13. The maximum atomic E-state index is 12.9. The summed E-state index contributed by atoms with van der Waals surface area (Å²) in [5.41, 5.74) is 2.48. The molecule has 0 aliphatic heterocycles. The zero-order valence-electron chi connectivity index (χ0n) is 18.3. The molecule has 0 amide bonds. The maximum absolute atomic E-state index is 12.9. The Morgan fingerprint density at radius 1 is 1.12 bits per heavy atom. The first kappa shape index (κ1) is 23.0. The second-order valence-electron chi connectivity index (χ2n) is 7.94. The van der Waals surface area contributed by atoms with Gasteiger partial charge in [-0.05, 0) is 43.0 Å². The largest absolute Gasteiger partial charge is 0.489 e. The molecule has 0 unspecified atom stereocenters. The van der Waals surface area contributed by atoms with E-state index in [0.29, 0.717) is 36.3 Å². The topological polar surface area (TPSA) is 48.2 Å². The van der Waals surface area contributed by atoms with Crippen LogP contribution < -0.4 is 4.74 Å². The summed E-state index contributed by atoms with van der Waals surface area (Å²) in [6.07, 6.45) is -1.30. The van der Waals surface area contributed by atoms with Crippen molar-refractivity contribution in [3.63, 3.8) is 0 Å². The van der Waals surface area contributed by atoms with Crippen molar-refractivity contribution in [3.8, 4) is 16.3 Å². The molecule has 0 atom stereocenters. The third-order valence-electron chi connectivity index (χ3n) is 5.21. The van der Waals surface area contributed by atoms with Crippen molar-refractivity contribution in [3.05, 3.63) is 76.9 Å². The lowest BCUT2D eigenvalue weighted by molar-refractivity contribution is -0.137. The van der Waals surface area contributed by atoms with E-state index in [1.165, 1.54) is 23.5 Å². The first-order chi connectivity index (χ1) is 15.8. The molecule has 4 aromatic rings. The summed E-state index contributed by atoms with van der Waals surface area (Å²) in [6, 6.07) is 10.8. The second-order valence-corrected chi connectivity index (χ2v) is 9.03. The van der Waals surface area contributed by atoms with Crippen LogP contribution in [0.5, 0.6) is 5.75 Å². The average Bonchev–Trinajstić information content (AvgIpc) is 3.39. The van der Waals surface area contributed by atoms with Crippen molar-refractivity contribution in [2.45, 2.75) is 38.8 Å². The molecular weight excluding hydrogens is 449 g/mol. The molecule has 2 aromatic heterocycles. The summed E-state index contributed by atoms with van der Waals surface area (Å²) < 4.78 is 49.7. The number of aryl methyl sites for hydroxylation is 2. The summed E-state index contributed by atoms with van der Waals surface area (Å²) in [6.45, 7) is 8.17. The summed E-state index contributed by atoms with van der Waals surface area (Å²) in [4.78, 5) is 5.84. The van der Waals surface area contributed by atoms with E-state index in [0.717, 1.165) is 38.8 Å². The number of hydrogen-bond donors (Lipinski definition) is 0. The van der Waals surface area contributed by atoms with Gasteiger partial charge in [0.2, 0.25) is 0 Å². The lowest BCUT2D eigenvalue weighted by Crippen LogP contribution is -2.03. The lowest BCUT2D eigenvalue weighted by Gasteiger charge is -2.06. The molecular formula is C25H23F3N2O2S. The molecule has 2 aromatic carbocycles. The van der Waals surface area contributed by atoms with Gasteiger partial charge in [-0.2, -0.15) is 13.2 Å². The van der Waals surface area contributed by atoms with Crippen molar-refractivity contribution in [2.75, 3.05) is 6.61 Å². The van der Waals surface area contributed by atoms with E-state index in [9.17, 15) is 13.2 Å². The molecule has 0 N–H and O–H groups in total. The first-order valence-electron chi connectivity index (χ1n) is 10.6. The highest BCUT2D eigenvalue weighted by Crippen LogP contribution is 2.35. The number of alkyl halides is 3. The van der Waals surface area contributed by atoms with Gasteiger partial charge in [-0.15, -0.1) is 11.3 Å². The zero-order valence-corrected chi connectivity index (χ0v) is 19.1. The van der Waals surface area contributed by atoms with Gasteiger partial charge in [-0.3, -0.25) is 0 Å². The number of ether oxygens (including phenoxy) is 1. The lowest BCUT2D eigenvalue weighted by atomic mass is 10.1. The minimum atomic E-state index is -4.35. The van der Waals surface area contributed by atoms with Crippen LogP contribution in [0.1, 0.15) is 41.6 Å². The van der Waals surface area contributed by atoms with Gasteiger partial charge in [0.15, 0.2) is 5.58 Å². The summed E-state index contributed by atoms with van der Waals surface area (Å²) in [7, 11) is 0. The minimum Gasteiger partial charge on any atom is -0.489 e. The number of thiazole rings is 1. The van der Waals surface area contributed by atoms with Crippen LogP contribution in [0.4, 0.5) is 13.2 Å². The predicted molar refractivity (Wildman–Crippen MR) is 124 cm³/mol. The summed E-state index contributed by atoms with van der Waals surface area (Å²) in [5, 5.41) is 5.88. The van der Waals surface area contributed by atoms with Crippen LogP contribution in [0.2, 0.25) is 0 Å². The highest BCUT2D eigenvalue weighted by Gasteiger charge is 2.30. The molecule has 0 bridgehead atoms. The molecule has 0 aliphatic carbocycles. The molecule has 8 heteroatoms. The van der Waals surface area contributed by atoms with Crippen molar-refractivity contribution < 1.29 is 22.4 Å². The van der Waals surface area contributed by atoms with E-state index < -0.39 is 11.7 Å². The normalized spacial score (nSPS) is 11.9. The smallest absolute Gasteiger partial charge is 0.416 e. The van der Waals surface area contributed by atoms with Gasteiger partial charge < -0.3 is 9.26 Å². The Labute approximate surface area is 193 Å². The standard InChI is InChI=1S/C25H23F3N2O2S/c1-4-13-31-18-9-10-19-20(30-32-21(19)14-18)11-12-22-23(15(2)3)29-24(33-22)16-5-7-17(8-6-16)25(26,27)28/h4-10,14-15H,1,11-13H2,2-3H3. The van der Waals surface area contributed by atoms with Crippen molar-refractivity contribution in [2.24, 2.45) is 0 Å². The van der Waals surface area contributed by atoms with Crippen LogP contribution >= 0.6 is 11.3 Å². The Bertz CT molecular complexity index is 1260. The molecule has 0 spiro atoms. The fourth-order valence-corrected chi connectivity index (χ4v) is 4.77.